The highest BCUT2D eigenvalue weighted by atomic mass is 14.8. The van der Waals surface area contributed by atoms with Crippen LogP contribution in [0.25, 0.3) is 50.6 Å². The summed E-state index contributed by atoms with van der Waals surface area (Å²) in [5, 5.41) is 2.63. The van der Waals surface area contributed by atoms with E-state index in [0.29, 0.717) is 11.8 Å². The maximum absolute atomic E-state index is 5.54. The second kappa shape index (κ2) is 11.7. The van der Waals surface area contributed by atoms with Crippen molar-refractivity contribution in [2.45, 2.75) is 44.6 Å². The average Bonchev–Trinajstić information content (AvgIpc) is 3.45. The molecular formula is C52H40N2. The largest absolute Gasteiger partial charge is 0.276 e. The van der Waals surface area contributed by atoms with Crippen molar-refractivity contribution in [3.63, 3.8) is 0 Å². The van der Waals surface area contributed by atoms with Crippen LogP contribution in [0.2, 0.25) is 0 Å². The lowest BCUT2D eigenvalue weighted by Gasteiger charge is -2.37. The zero-order chi connectivity index (χ0) is 36.1. The predicted molar refractivity (Wildman–Crippen MR) is 224 cm³/mol. The Morgan fingerprint density at radius 1 is 0.667 bits per heavy atom. The summed E-state index contributed by atoms with van der Waals surface area (Å²) < 4.78 is 0. The van der Waals surface area contributed by atoms with Crippen LogP contribution in [0.5, 0.6) is 0 Å². The number of aromatic nitrogens is 1. The smallest absolute Gasteiger partial charge is 0.0803 e. The minimum atomic E-state index is -0.165. The Morgan fingerprint density at radius 3 is 2.24 bits per heavy atom. The number of allylic oxidation sites excluding steroid dienone is 5. The molecule has 3 unspecified atom stereocenters. The Kier molecular flexibility index (Phi) is 6.80. The Balaban J connectivity index is 1.03. The molecule has 0 bridgehead atoms. The highest BCUT2D eigenvalue weighted by molar-refractivity contribution is 6.28. The topological polar surface area (TPSA) is 25.2 Å². The summed E-state index contributed by atoms with van der Waals surface area (Å²) in [6.45, 7) is 7.16. The van der Waals surface area contributed by atoms with Gasteiger partial charge in [-0.2, -0.15) is 0 Å². The summed E-state index contributed by atoms with van der Waals surface area (Å²) in [7, 11) is 0. The van der Waals surface area contributed by atoms with Crippen molar-refractivity contribution in [2.75, 3.05) is 0 Å². The zero-order valence-corrected chi connectivity index (χ0v) is 30.8. The Morgan fingerprint density at radius 2 is 1.41 bits per heavy atom. The number of pyridine rings is 1. The number of hydrogen-bond donors (Lipinski definition) is 0. The standard InChI is InChI=1S/C52H40N2/c1-31-27-37(29-44-40-15-7-6-14-39(40)43-28-35(22-24-41(43)47(31)44)36-12-10-26-53-30-36)32-18-20-34(21-19-32)48-49-38-13-5-4-11-33(38)23-25-46(49)54-51-42-16-8-9-17-45(42)52(2,3)50(48)51/h4-24,26-31,46-47H,25H2,1-3H3. The summed E-state index contributed by atoms with van der Waals surface area (Å²) in [5.41, 5.74) is 20.8. The minimum Gasteiger partial charge on any atom is -0.276 e. The van der Waals surface area contributed by atoms with Gasteiger partial charge in [-0.1, -0.05) is 154 Å². The quantitative estimate of drug-likeness (QED) is 0.181. The molecule has 0 spiro atoms. The molecule has 1 aromatic heterocycles. The maximum Gasteiger partial charge on any atom is 0.0803 e. The van der Waals surface area contributed by atoms with E-state index in [1.807, 2.05) is 18.5 Å². The van der Waals surface area contributed by atoms with Gasteiger partial charge in [-0.25, -0.2) is 0 Å². The van der Waals surface area contributed by atoms with Gasteiger partial charge >= 0.3 is 0 Å². The summed E-state index contributed by atoms with van der Waals surface area (Å²) in [5.74, 6) is 0.637. The molecule has 2 heterocycles. The van der Waals surface area contributed by atoms with Crippen molar-refractivity contribution in [2.24, 2.45) is 10.9 Å². The summed E-state index contributed by atoms with van der Waals surface area (Å²) in [6, 6.07) is 47.6. The Labute approximate surface area is 317 Å². The third-order valence-electron chi connectivity index (χ3n) is 12.7. The lowest BCUT2D eigenvalue weighted by Crippen LogP contribution is -2.38. The summed E-state index contributed by atoms with van der Waals surface area (Å²) in [4.78, 5) is 9.93. The normalized spacial score (nSPS) is 21.1. The van der Waals surface area contributed by atoms with Crippen LogP contribution in [0, 0.1) is 5.92 Å². The van der Waals surface area contributed by atoms with Crippen LogP contribution in [0.4, 0.5) is 0 Å². The fraction of sp³-hybridized carbons (Fsp3) is 0.154. The molecular weight excluding hydrogens is 653 g/mol. The van der Waals surface area contributed by atoms with Crippen molar-refractivity contribution >= 4 is 34.1 Å². The maximum atomic E-state index is 5.54. The van der Waals surface area contributed by atoms with E-state index in [9.17, 15) is 0 Å². The van der Waals surface area contributed by atoms with Crippen molar-refractivity contribution in [3.8, 4) is 22.3 Å². The Hall–Kier alpha value is -6.12. The number of aliphatic imine (C=N–C) groups is 1. The third kappa shape index (κ3) is 4.53. The highest BCUT2D eigenvalue weighted by Gasteiger charge is 2.45. The minimum absolute atomic E-state index is 0.105. The molecule has 0 fully saturated rings. The van der Waals surface area contributed by atoms with Crippen LogP contribution in [-0.4, -0.2) is 16.7 Å². The van der Waals surface area contributed by atoms with Crippen LogP contribution in [-0.2, 0) is 5.41 Å². The lowest BCUT2D eigenvalue weighted by atomic mass is 9.67. The molecule has 2 nitrogen and oxygen atoms in total. The van der Waals surface area contributed by atoms with Gasteiger partial charge < -0.3 is 0 Å². The third-order valence-corrected chi connectivity index (χ3v) is 12.7. The molecule has 0 N–H and O–H groups in total. The first-order valence-corrected chi connectivity index (χ1v) is 19.4. The van der Waals surface area contributed by atoms with E-state index in [4.69, 9.17) is 4.99 Å². The molecule has 0 radical (unpaired) electrons. The SMILES string of the molecule is CC1C=C(c2ccc(C3=C4C(=NC5CC=c6ccccc6=C35)c3ccccc3C4(C)C)cc2)C=C2c3ccccc3-c3cc(-c4cccnc4)ccc3C21. The first-order valence-electron chi connectivity index (χ1n) is 19.4. The van der Waals surface area contributed by atoms with Crippen LogP contribution in [0.3, 0.4) is 0 Å². The van der Waals surface area contributed by atoms with Gasteiger partial charge in [0, 0.05) is 34.9 Å². The number of rotatable bonds is 3. The van der Waals surface area contributed by atoms with Crippen LogP contribution >= 0.6 is 0 Å². The van der Waals surface area contributed by atoms with E-state index in [2.05, 4.69) is 165 Å². The van der Waals surface area contributed by atoms with Gasteiger partial charge in [0.15, 0.2) is 0 Å². The van der Waals surface area contributed by atoms with Crippen LogP contribution in [0.1, 0.15) is 66.5 Å². The van der Waals surface area contributed by atoms with E-state index in [1.54, 1.807) is 0 Å². The molecule has 3 atom stereocenters. The molecule has 2 heteroatoms. The fourth-order valence-corrected chi connectivity index (χ4v) is 10.2. The average molecular weight is 693 g/mol. The zero-order valence-electron chi connectivity index (χ0n) is 30.8. The molecule has 5 aromatic carbocycles. The van der Waals surface area contributed by atoms with Gasteiger partial charge in [-0.05, 0) is 107 Å². The van der Waals surface area contributed by atoms with Gasteiger partial charge in [0.25, 0.3) is 0 Å². The van der Waals surface area contributed by atoms with Crippen molar-refractivity contribution in [1.82, 2.24) is 4.98 Å². The first-order chi connectivity index (χ1) is 26.5. The number of hydrogen-bond acceptors (Lipinski definition) is 2. The van der Waals surface area contributed by atoms with Gasteiger partial charge in [0.05, 0.1) is 11.8 Å². The van der Waals surface area contributed by atoms with Crippen LogP contribution < -0.4 is 10.4 Å². The van der Waals surface area contributed by atoms with Crippen molar-refractivity contribution in [1.29, 1.82) is 0 Å². The first kappa shape index (κ1) is 31.4. The molecule has 4 aliphatic carbocycles. The van der Waals surface area contributed by atoms with E-state index in [0.717, 1.165) is 12.0 Å². The van der Waals surface area contributed by atoms with Gasteiger partial charge in [-0.15, -0.1) is 0 Å². The van der Waals surface area contributed by atoms with E-state index >= 15 is 0 Å². The summed E-state index contributed by atoms with van der Waals surface area (Å²) in [6.07, 6.45) is 12.1. The fourth-order valence-electron chi connectivity index (χ4n) is 10.2. The monoisotopic (exact) mass is 692 g/mol. The number of fused-ring (bicyclic) bond motifs is 11. The second-order valence-electron chi connectivity index (χ2n) is 16.1. The van der Waals surface area contributed by atoms with Gasteiger partial charge in [0.1, 0.15) is 0 Å². The molecule has 54 heavy (non-hydrogen) atoms. The van der Waals surface area contributed by atoms with E-state index < -0.39 is 0 Å². The Bertz CT molecular complexity index is 2830. The molecule has 11 rings (SSSR count). The predicted octanol–water partition coefficient (Wildman–Crippen LogP) is 10.6. The van der Waals surface area contributed by atoms with E-state index in [1.165, 1.54) is 94.1 Å². The second-order valence-corrected chi connectivity index (χ2v) is 16.1. The lowest BCUT2D eigenvalue weighted by molar-refractivity contribution is 0.650. The molecule has 0 saturated heterocycles. The number of benzene rings is 5. The molecule has 0 saturated carbocycles. The van der Waals surface area contributed by atoms with Gasteiger partial charge in [0.2, 0.25) is 0 Å². The number of dihydropyridines is 1. The van der Waals surface area contributed by atoms with Crippen molar-refractivity contribution < 1.29 is 0 Å². The molecule has 5 aliphatic rings. The molecule has 1 aliphatic heterocycles. The number of nitrogens with zero attached hydrogens (tertiary/aromatic N) is 2. The van der Waals surface area contributed by atoms with Crippen molar-refractivity contribution in [3.05, 3.63) is 201 Å². The van der Waals surface area contributed by atoms with Crippen LogP contribution in [0.15, 0.2) is 163 Å². The molecule has 6 aromatic rings. The highest BCUT2D eigenvalue weighted by Crippen LogP contribution is 2.54. The summed E-state index contributed by atoms with van der Waals surface area (Å²) >= 11 is 0. The molecule has 0 amide bonds. The van der Waals surface area contributed by atoms with E-state index in [-0.39, 0.29) is 11.5 Å². The van der Waals surface area contributed by atoms with Gasteiger partial charge in [-0.3, -0.25) is 9.98 Å². The molecule has 258 valence electrons.